The third kappa shape index (κ3) is 4.19. The average molecular weight is 380 g/mol. The Bertz CT molecular complexity index is 864. The number of aryl methyl sites for hydroxylation is 2. The molecule has 0 spiro atoms. The Labute approximate surface area is 166 Å². The average Bonchev–Trinajstić information content (AvgIpc) is 3.30. The van der Waals surface area contributed by atoms with Crippen molar-refractivity contribution in [1.29, 1.82) is 5.26 Å². The molecule has 0 aliphatic carbocycles. The van der Waals surface area contributed by atoms with Crippen molar-refractivity contribution in [3.63, 3.8) is 0 Å². The number of amides is 1. The Morgan fingerprint density at radius 2 is 2.07 bits per heavy atom. The van der Waals surface area contributed by atoms with E-state index in [1.807, 2.05) is 35.6 Å². The van der Waals surface area contributed by atoms with E-state index in [1.165, 1.54) is 5.56 Å². The van der Waals surface area contributed by atoms with E-state index in [9.17, 15) is 4.79 Å². The van der Waals surface area contributed by atoms with E-state index in [-0.39, 0.29) is 11.9 Å². The van der Waals surface area contributed by atoms with Crippen LogP contribution in [0.2, 0.25) is 0 Å². The van der Waals surface area contributed by atoms with Gasteiger partial charge in [0.2, 0.25) is 5.91 Å². The fraction of sp³-hybridized carbons (Fsp3) is 0.500. The molecule has 1 aromatic heterocycles. The number of hydrogen-bond acceptors (Lipinski definition) is 4. The summed E-state index contributed by atoms with van der Waals surface area (Å²) < 4.78 is 7.12. The fourth-order valence-electron chi connectivity index (χ4n) is 4.08. The second-order valence-corrected chi connectivity index (χ2v) is 7.30. The van der Waals surface area contributed by atoms with Crippen LogP contribution in [0.25, 0.3) is 0 Å². The second kappa shape index (κ2) is 8.92. The molecular formula is C22H28N4O2. The minimum atomic E-state index is 0.152. The van der Waals surface area contributed by atoms with Gasteiger partial charge in [-0.1, -0.05) is 12.1 Å². The molecule has 28 heavy (non-hydrogen) atoms. The molecule has 1 amide bonds. The number of carbonyl (C=O) groups is 1. The van der Waals surface area contributed by atoms with Crippen LogP contribution >= 0.6 is 0 Å². The molecule has 0 radical (unpaired) electrons. The highest BCUT2D eigenvalue weighted by atomic mass is 16.5. The lowest BCUT2D eigenvalue weighted by Gasteiger charge is -2.25. The SMILES string of the molecule is COc1ccc(C2CCCN2C(=O)CCc2c(C)nn(CCC#N)c2C)cc1. The number of carbonyl (C=O) groups excluding carboxylic acids is 1. The van der Waals surface area contributed by atoms with Gasteiger partial charge in [-0.05, 0) is 56.4 Å². The summed E-state index contributed by atoms with van der Waals surface area (Å²) in [5, 5.41) is 13.3. The zero-order chi connectivity index (χ0) is 20.1. The number of benzene rings is 1. The molecular weight excluding hydrogens is 352 g/mol. The Hall–Kier alpha value is -2.81. The maximum Gasteiger partial charge on any atom is 0.223 e. The zero-order valence-electron chi connectivity index (χ0n) is 16.9. The lowest BCUT2D eigenvalue weighted by molar-refractivity contribution is -0.132. The Kier molecular flexibility index (Phi) is 6.35. The first-order valence-corrected chi connectivity index (χ1v) is 9.88. The van der Waals surface area contributed by atoms with Crippen molar-refractivity contribution in [3.8, 4) is 11.8 Å². The van der Waals surface area contributed by atoms with Crippen LogP contribution in [0, 0.1) is 25.2 Å². The lowest BCUT2D eigenvalue weighted by atomic mass is 10.0. The Morgan fingerprint density at radius 1 is 1.32 bits per heavy atom. The molecule has 6 heteroatoms. The summed E-state index contributed by atoms with van der Waals surface area (Å²) in [6, 6.07) is 10.3. The molecule has 1 aliphatic heterocycles. The Morgan fingerprint density at radius 3 is 2.75 bits per heavy atom. The summed E-state index contributed by atoms with van der Waals surface area (Å²) in [7, 11) is 1.66. The van der Waals surface area contributed by atoms with Crippen LogP contribution in [0.5, 0.6) is 5.75 Å². The summed E-state index contributed by atoms with van der Waals surface area (Å²) in [6.07, 6.45) is 3.65. The maximum atomic E-state index is 13.0. The van der Waals surface area contributed by atoms with Gasteiger partial charge >= 0.3 is 0 Å². The van der Waals surface area contributed by atoms with Crippen molar-refractivity contribution in [2.45, 2.75) is 58.5 Å². The van der Waals surface area contributed by atoms with E-state index >= 15 is 0 Å². The van der Waals surface area contributed by atoms with Crippen molar-refractivity contribution in [1.82, 2.24) is 14.7 Å². The fourth-order valence-corrected chi connectivity index (χ4v) is 4.08. The smallest absolute Gasteiger partial charge is 0.223 e. The molecule has 3 rings (SSSR count). The zero-order valence-corrected chi connectivity index (χ0v) is 16.9. The third-order valence-corrected chi connectivity index (χ3v) is 5.63. The van der Waals surface area contributed by atoms with Crippen LogP contribution in [0.4, 0.5) is 0 Å². The van der Waals surface area contributed by atoms with Crippen molar-refractivity contribution in [2.75, 3.05) is 13.7 Å². The quantitative estimate of drug-likeness (QED) is 0.734. The van der Waals surface area contributed by atoms with Gasteiger partial charge in [0.05, 0.1) is 37.9 Å². The topological polar surface area (TPSA) is 71.2 Å². The van der Waals surface area contributed by atoms with Crippen LogP contribution in [-0.2, 0) is 17.8 Å². The molecule has 0 bridgehead atoms. The van der Waals surface area contributed by atoms with E-state index < -0.39 is 0 Å². The first-order chi connectivity index (χ1) is 13.5. The van der Waals surface area contributed by atoms with E-state index in [4.69, 9.17) is 10.00 Å². The molecule has 6 nitrogen and oxygen atoms in total. The highest BCUT2D eigenvalue weighted by molar-refractivity contribution is 5.77. The predicted octanol–water partition coefficient (Wildman–Crippen LogP) is 3.72. The maximum absolute atomic E-state index is 13.0. The number of rotatable bonds is 7. The van der Waals surface area contributed by atoms with Gasteiger partial charge in [0.25, 0.3) is 0 Å². The summed E-state index contributed by atoms with van der Waals surface area (Å²) in [6.45, 7) is 5.41. The summed E-state index contributed by atoms with van der Waals surface area (Å²) in [4.78, 5) is 15.0. The number of methoxy groups -OCH3 is 1. The van der Waals surface area contributed by atoms with Crippen molar-refractivity contribution >= 4 is 5.91 Å². The Balaban J connectivity index is 1.65. The van der Waals surface area contributed by atoms with Gasteiger partial charge in [0.15, 0.2) is 0 Å². The third-order valence-electron chi connectivity index (χ3n) is 5.63. The molecule has 1 atom stereocenters. The van der Waals surface area contributed by atoms with E-state index in [0.29, 0.717) is 25.8 Å². The molecule has 1 unspecified atom stereocenters. The highest BCUT2D eigenvalue weighted by Crippen LogP contribution is 2.33. The highest BCUT2D eigenvalue weighted by Gasteiger charge is 2.29. The minimum absolute atomic E-state index is 0.152. The van der Waals surface area contributed by atoms with Crippen LogP contribution in [-0.4, -0.2) is 34.2 Å². The van der Waals surface area contributed by atoms with Gasteiger partial charge in [-0.2, -0.15) is 10.4 Å². The molecule has 2 aromatic rings. The number of ether oxygens (including phenoxy) is 1. The largest absolute Gasteiger partial charge is 0.497 e. The molecule has 1 fully saturated rings. The summed E-state index contributed by atoms with van der Waals surface area (Å²) in [5.41, 5.74) is 4.32. The number of nitriles is 1. The van der Waals surface area contributed by atoms with Crippen molar-refractivity contribution < 1.29 is 9.53 Å². The summed E-state index contributed by atoms with van der Waals surface area (Å²) in [5.74, 6) is 1.03. The van der Waals surface area contributed by atoms with Gasteiger partial charge in [-0.15, -0.1) is 0 Å². The van der Waals surface area contributed by atoms with E-state index in [0.717, 1.165) is 42.1 Å². The van der Waals surface area contributed by atoms with Gasteiger partial charge < -0.3 is 9.64 Å². The van der Waals surface area contributed by atoms with Gasteiger partial charge in [0.1, 0.15) is 5.75 Å². The number of nitrogens with zero attached hydrogens (tertiary/aromatic N) is 4. The van der Waals surface area contributed by atoms with E-state index in [1.54, 1.807) is 7.11 Å². The normalized spacial score (nSPS) is 16.2. The predicted molar refractivity (Wildman–Crippen MR) is 107 cm³/mol. The summed E-state index contributed by atoms with van der Waals surface area (Å²) >= 11 is 0. The van der Waals surface area contributed by atoms with Crippen LogP contribution < -0.4 is 4.74 Å². The second-order valence-electron chi connectivity index (χ2n) is 7.30. The monoisotopic (exact) mass is 380 g/mol. The lowest BCUT2D eigenvalue weighted by Crippen LogP contribution is -2.30. The minimum Gasteiger partial charge on any atom is -0.497 e. The van der Waals surface area contributed by atoms with Crippen molar-refractivity contribution in [2.24, 2.45) is 0 Å². The molecule has 1 saturated heterocycles. The van der Waals surface area contributed by atoms with Crippen molar-refractivity contribution in [3.05, 3.63) is 46.8 Å². The molecule has 0 saturated carbocycles. The standard InChI is InChI=1S/C22H28N4O2/c1-16-20(17(2)26(24-16)15-5-13-23)11-12-22(27)25-14-4-6-21(25)18-7-9-19(28-3)10-8-18/h7-10,21H,4-6,11-12,14-15H2,1-3H3. The molecule has 1 aliphatic rings. The molecule has 148 valence electrons. The molecule has 1 aromatic carbocycles. The first-order valence-electron chi connectivity index (χ1n) is 9.88. The number of likely N-dealkylation sites (tertiary alicyclic amines) is 1. The van der Waals surface area contributed by atoms with Gasteiger partial charge in [0, 0.05) is 18.7 Å². The van der Waals surface area contributed by atoms with Gasteiger partial charge in [-0.25, -0.2) is 0 Å². The van der Waals surface area contributed by atoms with Crippen LogP contribution in [0.3, 0.4) is 0 Å². The number of aromatic nitrogens is 2. The van der Waals surface area contributed by atoms with Gasteiger partial charge in [-0.3, -0.25) is 9.48 Å². The van der Waals surface area contributed by atoms with Crippen LogP contribution in [0.15, 0.2) is 24.3 Å². The van der Waals surface area contributed by atoms with Crippen LogP contribution in [0.1, 0.15) is 54.2 Å². The molecule has 0 N–H and O–H groups in total. The molecule has 2 heterocycles. The number of hydrogen-bond donors (Lipinski definition) is 0. The first kappa shape index (κ1) is 19.9. The van der Waals surface area contributed by atoms with E-state index in [2.05, 4.69) is 23.3 Å².